The third-order valence-electron chi connectivity index (χ3n) is 4.88. The lowest BCUT2D eigenvalue weighted by Crippen LogP contribution is -2.14. The van der Waals surface area contributed by atoms with Crippen LogP contribution in [0.25, 0.3) is 0 Å². The zero-order valence-electron chi connectivity index (χ0n) is 18.7. The van der Waals surface area contributed by atoms with Crippen molar-refractivity contribution in [3.63, 3.8) is 0 Å². The van der Waals surface area contributed by atoms with E-state index in [1.807, 2.05) is 26.0 Å². The molecule has 0 bridgehead atoms. The Bertz CT molecular complexity index is 1130. The fourth-order valence-corrected chi connectivity index (χ4v) is 3.25. The molecule has 0 aliphatic rings. The van der Waals surface area contributed by atoms with Crippen molar-refractivity contribution < 1.29 is 23.5 Å². The van der Waals surface area contributed by atoms with Gasteiger partial charge in [-0.25, -0.2) is 4.79 Å². The maximum Gasteiger partial charge on any atom is 0.360 e. The molecule has 0 radical (unpaired) electrons. The Hall–Kier alpha value is -3.26. The Kier molecular flexibility index (Phi) is 7.25. The average molecular weight is 460 g/mol. The lowest BCUT2D eigenvalue weighted by molar-refractivity contribution is 0.0594. The van der Waals surface area contributed by atoms with Crippen LogP contribution in [0.5, 0.6) is 5.75 Å². The number of nitrogens with zero attached hydrogens (tertiary/aromatic N) is 2. The van der Waals surface area contributed by atoms with E-state index in [0.29, 0.717) is 17.3 Å². The van der Waals surface area contributed by atoms with Gasteiger partial charge in [-0.05, 0) is 55.2 Å². The van der Waals surface area contributed by atoms with E-state index in [1.54, 1.807) is 18.3 Å². The van der Waals surface area contributed by atoms with Gasteiger partial charge in [0.1, 0.15) is 18.1 Å². The molecule has 1 aromatic carbocycles. The number of carbonyl (C=O) groups excluding carboxylic acids is 2. The van der Waals surface area contributed by atoms with Crippen LogP contribution in [0.4, 0.5) is 5.69 Å². The van der Waals surface area contributed by atoms with Gasteiger partial charge in [-0.3, -0.25) is 9.48 Å². The summed E-state index contributed by atoms with van der Waals surface area (Å²) in [6.45, 7) is 8.59. The number of nitrogens with one attached hydrogen (secondary N) is 1. The van der Waals surface area contributed by atoms with E-state index < -0.39 is 11.9 Å². The lowest BCUT2D eigenvalue weighted by Gasteiger charge is -2.15. The van der Waals surface area contributed by atoms with Crippen molar-refractivity contribution in [2.75, 3.05) is 12.4 Å². The van der Waals surface area contributed by atoms with Crippen LogP contribution in [-0.4, -0.2) is 28.8 Å². The van der Waals surface area contributed by atoms with Crippen molar-refractivity contribution in [3.8, 4) is 5.75 Å². The summed E-state index contributed by atoms with van der Waals surface area (Å²) in [6.07, 6.45) is 1.56. The number of aromatic nitrogens is 2. The highest BCUT2D eigenvalue weighted by molar-refractivity contribution is 6.31. The van der Waals surface area contributed by atoms with E-state index in [4.69, 9.17) is 25.5 Å². The lowest BCUT2D eigenvalue weighted by atomic mass is 10.0. The molecular formula is C23H26ClN3O5. The zero-order chi connectivity index (χ0) is 23.4. The second-order valence-electron chi connectivity index (χ2n) is 7.54. The Morgan fingerprint density at radius 2 is 2.03 bits per heavy atom. The van der Waals surface area contributed by atoms with Crippen LogP contribution in [-0.2, 0) is 17.9 Å². The number of hydrogen-bond donors (Lipinski definition) is 1. The molecule has 9 heteroatoms. The van der Waals surface area contributed by atoms with Gasteiger partial charge in [0.25, 0.3) is 5.91 Å². The first-order chi connectivity index (χ1) is 15.2. The van der Waals surface area contributed by atoms with Gasteiger partial charge in [0.15, 0.2) is 11.5 Å². The summed E-state index contributed by atoms with van der Waals surface area (Å²) in [5.41, 5.74) is 2.18. The van der Waals surface area contributed by atoms with Crippen LogP contribution in [0, 0.1) is 6.92 Å². The average Bonchev–Trinajstić information content (AvgIpc) is 3.40. The molecule has 0 atom stereocenters. The maximum absolute atomic E-state index is 12.6. The minimum atomic E-state index is -0.639. The van der Waals surface area contributed by atoms with Crippen molar-refractivity contribution in [1.82, 2.24) is 9.78 Å². The summed E-state index contributed by atoms with van der Waals surface area (Å²) in [4.78, 5) is 24.6. The zero-order valence-corrected chi connectivity index (χ0v) is 19.4. The van der Waals surface area contributed by atoms with Crippen LogP contribution in [0.15, 0.2) is 34.9 Å². The Morgan fingerprint density at radius 3 is 2.69 bits per heavy atom. The fraction of sp³-hybridized carbons (Fsp3) is 0.348. The molecule has 0 spiro atoms. The number of amides is 1. The molecule has 0 saturated heterocycles. The van der Waals surface area contributed by atoms with Gasteiger partial charge in [0.2, 0.25) is 0 Å². The smallest absolute Gasteiger partial charge is 0.360 e. The SMILES string of the molecule is CCn1cc(NC(=O)c2ccc(COc3cc(C)c(Cl)cc3C(C)C)o2)c(C(=O)OC)n1. The predicted octanol–water partition coefficient (Wildman–Crippen LogP) is 5.20. The van der Waals surface area contributed by atoms with Gasteiger partial charge in [-0.15, -0.1) is 0 Å². The van der Waals surface area contributed by atoms with E-state index in [1.165, 1.54) is 11.8 Å². The molecule has 1 N–H and O–H groups in total. The molecule has 0 fully saturated rings. The number of rotatable bonds is 8. The summed E-state index contributed by atoms with van der Waals surface area (Å²) in [5.74, 6) is 0.366. The van der Waals surface area contributed by atoms with E-state index in [-0.39, 0.29) is 29.7 Å². The highest BCUT2D eigenvalue weighted by Gasteiger charge is 2.21. The molecule has 170 valence electrons. The van der Waals surface area contributed by atoms with E-state index in [2.05, 4.69) is 24.3 Å². The van der Waals surface area contributed by atoms with Gasteiger partial charge in [-0.2, -0.15) is 5.10 Å². The van der Waals surface area contributed by atoms with E-state index in [0.717, 1.165) is 16.9 Å². The van der Waals surface area contributed by atoms with E-state index >= 15 is 0 Å². The molecule has 3 rings (SSSR count). The van der Waals surface area contributed by atoms with Gasteiger partial charge >= 0.3 is 5.97 Å². The second-order valence-corrected chi connectivity index (χ2v) is 7.95. The molecular weight excluding hydrogens is 434 g/mol. The first-order valence-corrected chi connectivity index (χ1v) is 10.6. The molecule has 0 aliphatic carbocycles. The van der Waals surface area contributed by atoms with Crippen molar-refractivity contribution in [2.45, 2.75) is 46.8 Å². The number of anilines is 1. The molecule has 1 amide bonds. The van der Waals surface area contributed by atoms with Crippen molar-refractivity contribution in [3.05, 3.63) is 63.8 Å². The highest BCUT2D eigenvalue weighted by Crippen LogP contribution is 2.32. The van der Waals surface area contributed by atoms with Crippen molar-refractivity contribution >= 4 is 29.2 Å². The maximum atomic E-state index is 12.6. The number of aryl methyl sites for hydroxylation is 2. The number of esters is 1. The second kappa shape index (κ2) is 9.91. The standard InChI is InChI=1S/C23H26ClN3O5/c1-6-27-11-18(21(26-27)23(29)30-5)25-22(28)19-8-7-15(32-19)12-31-20-9-14(4)17(24)10-16(20)13(2)3/h7-11,13H,6,12H2,1-5H3,(H,25,28). The van der Waals surface area contributed by atoms with Crippen LogP contribution >= 0.6 is 11.6 Å². The Labute approximate surface area is 191 Å². The van der Waals surface area contributed by atoms with Gasteiger partial charge < -0.3 is 19.2 Å². The molecule has 8 nitrogen and oxygen atoms in total. The number of furan rings is 1. The number of carbonyl (C=O) groups is 2. The van der Waals surface area contributed by atoms with Gasteiger partial charge in [0.05, 0.1) is 12.8 Å². The predicted molar refractivity (Wildman–Crippen MR) is 121 cm³/mol. The molecule has 3 aromatic rings. The molecule has 0 unspecified atom stereocenters. The van der Waals surface area contributed by atoms with Crippen LogP contribution < -0.4 is 10.1 Å². The third-order valence-corrected chi connectivity index (χ3v) is 5.29. The number of ether oxygens (including phenoxy) is 2. The quantitative estimate of drug-likeness (QED) is 0.465. The molecule has 0 saturated carbocycles. The highest BCUT2D eigenvalue weighted by atomic mass is 35.5. The first-order valence-electron chi connectivity index (χ1n) is 10.2. The molecule has 2 heterocycles. The van der Waals surface area contributed by atoms with Crippen molar-refractivity contribution in [1.29, 1.82) is 0 Å². The molecule has 2 aromatic heterocycles. The summed E-state index contributed by atoms with van der Waals surface area (Å²) >= 11 is 6.25. The number of methoxy groups -OCH3 is 1. The van der Waals surface area contributed by atoms with Gasteiger partial charge in [-0.1, -0.05) is 25.4 Å². The van der Waals surface area contributed by atoms with Crippen LogP contribution in [0.1, 0.15) is 64.6 Å². The molecule has 32 heavy (non-hydrogen) atoms. The largest absolute Gasteiger partial charge is 0.485 e. The van der Waals surface area contributed by atoms with Crippen LogP contribution in [0.3, 0.4) is 0 Å². The summed E-state index contributed by atoms with van der Waals surface area (Å²) in [6, 6.07) is 7.02. The summed E-state index contributed by atoms with van der Waals surface area (Å²) in [5, 5.41) is 7.46. The number of benzene rings is 1. The Morgan fingerprint density at radius 1 is 1.28 bits per heavy atom. The minimum Gasteiger partial charge on any atom is -0.485 e. The topological polar surface area (TPSA) is 95.6 Å². The normalized spacial score (nSPS) is 11.0. The molecule has 0 aliphatic heterocycles. The first kappa shape index (κ1) is 23.4. The third kappa shape index (κ3) is 5.13. The number of hydrogen-bond acceptors (Lipinski definition) is 6. The minimum absolute atomic E-state index is 0.0251. The van der Waals surface area contributed by atoms with Crippen molar-refractivity contribution in [2.24, 2.45) is 0 Å². The van der Waals surface area contributed by atoms with Gasteiger partial charge in [0, 0.05) is 17.8 Å². The number of halogens is 1. The summed E-state index contributed by atoms with van der Waals surface area (Å²) in [7, 11) is 1.25. The monoisotopic (exact) mass is 459 g/mol. The Balaban J connectivity index is 1.72. The van der Waals surface area contributed by atoms with E-state index in [9.17, 15) is 9.59 Å². The summed E-state index contributed by atoms with van der Waals surface area (Å²) < 4.78 is 17.9. The fourth-order valence-electron chi connectivity index (χ4n) is 3.08. The van der Waals surface area contributed by atoms with Crippen LogP contribution in [0.2, 0.25) is 5.02 Å².